The quantitative estimate of drug-likeness (QED) is 0.780. The molecule has 5 nitrogen and oxygen atoms in total. The molecule has 1 N–H and O–H groups in total. The molecule has 0 bridgehead atoms. The van der Waals surface area contributed by atoms with Crippen LogP contribution in [-0.2, 0) is 6.42 Å². The molecule has 0 aliphatic rings. The van der Waals surface area contributed by atoms with E-state index in [0.29, 0.717) is 11.5 Å². The number of hydrogen-bond acceptors (Lipinski definition) is 4. The van der Waals surface area contributed by atoms with Gasteiger partial charge in [0.15, 0.2) is 11.5 Å². The van der Waals surface area contributed by atoms with Crippen LogP contribution >= 0.6 is 0 Å². The van der Waals surface area contributed by atoms with E-state index in [0.717, 1.165) is 34.9 Å². The van der Waals surface area contributed by atoms with Gasteiger partial charge in [0.25, 0.3) is 0 Å². The number of rotatable bonds is 5. The third-order valence-electron chi connectivity index (χ3n) is 3.70. The fraction of sp³-hybridized carbons (Fsp3) is 0.222. The van der Waals surface area contributed by atoms with Crippen molar-refractivity contribution < 1.29 is 9.47 Å². The van der Waals surface area contributed by atoms with Gasteiger partial charge in [0, 0.05) is 17.5 Å². The van der Waals surface area contributed by atoms with Crippen LogP contribution in [0.3, 0.4) is 0 Å². The van der Waals surface area contributed by atoms with Gasteiger partial charge in [0.1, 0.15) is 11.5 Å². The van der Waals surface area contributed by atoms with Crippen LogP contribution in [0.2, 0.25) is 0 Å². The molecule has 2 aromatic heterocycles. The van der Waals surface area contributed by atoms with Gasteiger partial charge < -0.3 is 14.5 Å². The van der Waals surface area contributed by atoms with Crippen LogP contribution in [0.25, 0.3) is 22.8 Å². The van der Waals surface area contributed by atoms with E-state index in [1.807, 2.05) is 36.4 Å². The van der Waals surface area contributed by atoms with Crippen molar-refractivity contribution in [2.75, 3.05) is 14.2 Å². The lowest BCUT2D eigenvalue weighted by molar-refractivity contribution is 0.355. The smallest absolute Gasteiger partial charge is 0.161 e. The summed E-state index contributed by atoms with van der Waals surface area (Å²) in [5.74, 6) is 2.17. The molecule has 0 saturated carbocycles. The largest absolute Gasteiger partial charge is 0.493 e. The molecule has 0 aliphatic carbocycles. The molecule has 0 saturated heterocycles. The summed E-state index contributed by atoms with van der Waals surface area (Å²) < 4.78 is 10.6. The van der Waals surface area contributed by atoms with Gasteiger partial charge in [-0.1, -0.05) is 13.0 Å². The number of hydrogen-bond donors (Lipinski definition) is 1. The first-order valence-electron chi connectivity index (χ1n) is 7.49. The predicted octanol–water partition coefficient (Wildman–Crippen LogP) is 3.72. The number of pyridine rings is 1. The summed E-state index contributed by atoms with van der Waals surface area (Å²) in [5.41, 5.74) is 3.76. The number of aryl methyl sites for hydroxylation is 1. The van der Waals surface area contributed by atoms with Gasteiger partial charge >= 0.3 is 0 Å². The first-order chi connectivity index (χ1) is 11.3. The van der Waals surface area contributed by atoms with Crippen molar-refractivity contribution in [1.82, 2.24) is 15.0 Å². The highest BCUT2D eigenvalue weighted by Gasteiger charge is 2.14. The van der Waals surface area contributed by atoms with Gasteiger partial charge in [-0.15, -0.1) is 0 Å². The fourth-order valence-electron chi connectivity index (χ4n) is 2.50. The lowest BCUT2D eigenvalue weighted by Gasteiger charge is -2.08. The van der Waals surface area contributed by atoms with E-state index >= 15 is 0 Å². The highest BCUT2D eigenvalue weighted by Crippen LogP contribution is 2.32. The first kappa shape index (κ1) is 15.1. The van der Waals surface area contributed by atoms with Crippen LogP contribution in [0.4, 0.5) is 0 Å². The Kier molecular flexibility index (Phi) is 4.28. The van der Waals surface area contributed by atoms with Crippen molar-refractivity contribution >= 4 is 0 Å². The molecule has 23 heavy (non-hydrogen) atoms. The summed E-state index contributed by atoms with van der Waals surface area (Å²) in [4.78, 5) is 12.5. The summed E-state index contributed by atoms with van der Waals surface area (Å²) >= 11 is 0. The standard InChI is InChI=1S/C18H19N3O2/c1-4-13-17(14-7-5-6-10-19-14)21-18(20-13)12-8-9-15(22-2)16(11-12)23-3/h5-11H,4H2,1-3H3,(H,20,21). The third kappa shape index (κ3) is 2.90. The van der Waals surface area contributed by atoms with Crippen molar-refractivity contribution in [3.05, 3.63) is 48.3 Å². The summed E-state index contributed by atoms with van der Waals surface area (Å²) in [6.07, 6.45) is 2.63. The average molecular weight is 309 g/mol. The molecule has 3 rings (SSSR count). The zero-order valence-corrected chi connectivity index (χ0v) is 13.5. The molecule has 0 amide bonds. The maximum absolute atomic E-state index is 5.37. The molecule has 0 radical (unpaired) electrons. The average Bonchev–Trinajstić information content (AvgIpc) is 3.06. The SMILES string of the molecule is CCc1[nH]c(-c2ccc(OC)c(OC)c2)nc1-c1ccccn1. The molecule has 5 heteroatoms. The van der Waals surface area contributed by atoms with Crippen LogP contribution in [0.5, 0.6) is 11.5 Å². The summed E-state index contributed by atoms with van der Waals surface area (Å²) in [6, 6.07) is 11.6. The topological polar surface area (TPSA) is 60.0 Å². The molecule has 0 fully saturated rings. The Morgan fingerprint density at radius 3 is 2.52 bits per heavy atom. The number of nitrogens with zero attached hydrogens (tertiary/aromatic N) is 2. The van der Waals surface area contributed by atoms with E-state index in [9.17, 15) is 0 Å². The second kappa shape index (κ2) is 6.52. The lowest BCUT2D eigenvalue weighted by Crippen LogP contribution is -1.91. The Bertz CT molecular complexity index is 797. The number of nitrogens with one attached hydrogen (secondary N) is 1. The molecule has 1 aromatic carbocycles. The molecular weight excluding hydrogens is 290 g/mol. The summed E-state index contributed by atoms with van der Waals surface area (Å²) in [5, 5.41) is 0. The van der Waals surface area contributed by atoms with E-state index in [-0.39, 0.29) is 0 Å². The number of ether oxygens (including phenoxy) is 2. The van der Waals surface area contributed by atoms with Crippen LogP contribution in [0, 0.1) is 0 Å². The minimum Gasteiger partial charge on any atom is -0.493 e. The molecule has 0 atom stereocenters. The third-order valence-corrected chi connectivity index (χ3v) is 3.70. The second-order valence-electron chi connectivity index (χ2n) is 5.05. The van der Waals surface area contributed by atoms with Gasteiger partial charge in [-0.05, 0) is 36.8 Å². The molecule has 2 heterocycles. The lowest BCUT2D eigenvalue weighted by atomic mass is 10.2. The molecule has 0 spiro atoms. The monoisotopic (exact) mass is 309 g/mol. The normalized spacial score (nSPS) is 10.6. The van der Waals surface area contributed by atoms with Crippen molar-refractivity contribution in [2.45, 2.75) is 13.3 Å². The number of aromatic amines is 1. The Labute approximate surface area is 135 Å². The zero-order valence-electron chi connectivity index (χ0n) is 13.5. The second-order valence-corrected chi connectivity index (χ2v) is 5.05. The fourth-order valence-corrected chi connectivity index (χ4v) is 2.50. The Morgan fingerprint density at radius 1 is 1.04 bits per heavy atom. The molecule has 3 aromatic rings. The van der Waals surface area contributed by atoms with E-state index in [4.69, 9.17) is 14.5 Å². The minimum absolute atomic E-state index is 0.679. The van der Waals surface area contributed by atoms with Crippen LogP contribution < -0.4 is 9.47 Å². The summed E-state index contributed by atoms with van der Waals surface area (Å²) in [7, 11) is 3.25. The van der Waals surface area contributed by atoms with Crippen LogP contribution in [-0.4, -0.2) is 29.2 Å². The minimum atomic E-state index is 0.679. The number of aromatic nitrogens is 3. The number of imidazole rings is 1. The number of benzene rings is 1. The molecule has 118 valence electrons. The van der Waals surface area contributed by atoms with Gasteiger partial charge in [0.2, 0.25) is 0 Å². The molecule has 0 aliphatic heterocycles. The van der Waals surface area contributed by atoms with Crippen LogP contribution in [0.1, 0.15) is 12.6 Å². The molecular formula is C18H19N3O2. The summed E-state index contributed by atoms with van der Waals surface area (Å²) in [6.45, 7) is 2.10. The number of H-pyrrole nitrogens is 1. The van der Waals surface area contributed by atoms with Crippen LogP contribution in [0.15, 0.2) is 42.6 Å². The van der Waals surface area contributed by atoms with E-state index in [1.165, 1.54) is 0 Å². The maximum atomic E-state index is 5.37. The van der Waals surface area contributed by atoms with Crippen molar-refractivity contribution in [3.63, 3.8) is 0 Å². The van der Waals surface area contributed by atoms with Crippen molar-refractivity contribution in [1.29, 1.82) is 0 Å². The highest BCUT2D eigenvalue weighted by atomic mass is 16.5. The van der Waals surface area contributed by atoms with E-state index in [2.05, 4.69) is 16.9 Å². The number of methoxy groups -OCH3 is 2. The highest BCUT2D eigenvalue weighted by molar-refractivity contribution is 5.67. The van der Waals surface area contributed by atoms with Crippen molar-refractivity contribution in [2.24, 2.45) is 0 Å². The Balaban J connectivity index is 2.06. The van der Waals surface area contributed by atoms with Crippen molar-refractivity contribution in [3.8, 4) is 34.3 Å². The zero-order chi connectivity index (χ0) is 16.2. The van der Waals surface area contributed by atoms with Gasteiger partial charge in [-0.25, -0.2) is 4.98 Å². The van der Waals surface area contributed by atoms with E-state index in [1.54, 1.807) is 20.4 Å². The Morgan fingerprint density at radius 2 is 1.87 bits per heavy atom. The van der Waals surface area contributed by atoms with E-state index < -0.39 is 0 Å². The maximum Gasteiger partial charge on any atom is 0.161 e. The van der Waals surface area contributed by atoms with Gasteiger partial charge in [-0.2, -0.15) is 0 Å². The Hall–Kier alpha value is -2.82. The first-order valence-corrected chi connectivity index (χ1v) is 7.49. The van der Waals surface area contributed by atoms with Gasteiger partial charge in [-0.3, -0.25) is 4.98 Å². The molecule has 0 unspecified atom stereocenters. The van der Waals surface area contributed by atoms with Gasteiger partial charge in [0.05, 0.1) is 19.9 Å². The predicted molar refractivity (Wildman–Crippen MR) is 89.7 cm³/mol.